The van der Waals surface area contributed by atoms with E-state index in [1.54, 1.807) is 0 Å². The molecule has 1 aliphatic carbocycles. The zero-order valence-corrected chi connectivity index (χ0v) is 12.6. The second kappa shape index (κ2) is 5.59. The number of nitrogens with zero attached hydrogens (tertiary/aromatic N) is 2. The molecule has 4 rings (SSSR count). The molecule has 2 unspecified atom stereocenters. The zero-order valence-electron chi connectivity index (χ0n) is 12.6. The topological polar surface area (TPSA) is 41.7 Å². The van der Waals surface area contributed by atoms with E-state index in [1.807, 2.05) is 0 Å². The van der Waals surface area contributed by atoms with Crippen LogP contribution in [0, 0.1) is 0 Å². The maximum atomic E-state index is 5.92. The lowest BCUT2D eigenvalue weighted by Crippen LogP contribution is -2.44. The average Bonchev–Trinajstić information content (AvgIpc) is 3.13. The summed E-state index contributed by atoms with van der Waals surface area (Å²) in [6, 6.07) is 7.83. The highest BCUT2D eigenvalue weighted by molar-refractivity contribution is 5.47. The zero-order chi connectivity index (χ0) is 14.2. The van der Waals surface area contributed by atoms with Gasteiger partial charge in [0, 0.05) is 44.0 Å². The molecule has 3 aliphatic rings. The van der Waals surface area contributed by atoms with Gasteiger partial charge in [0.1, 0.15) is 0 Å². The smallest absolute Gasteiger partial charge is 0.0594 e. The fourth-order valence-corrected chi connectivity index (χ4v) is 4.29. The maximum absolute atomic E-state index is 5.92. The molecule has 114 valence electrons. The van der Waals surface area contributed by atoms with Crippen molar-refractivity contribution in [2.24, 2.45) is 0 Å². The van der Waals surface area contributed by atoms with Crippen molar-refractivity contribution in [3.8, 4) is 0 Å². The van der Waals surface area contributed by atoms with E-state index < -0.39 is 0 Å². The number of likely N-dealkylation sites (tertiary alicyclic amines) is 1. The first-order valence-electron chi connectivity index (χ1n) is 8.25. The van der Waals surface area contributed by atoms with Crippen molar-refractivity contribution in [2.75, 3.05) is 45.1 Å². The summed E-state index contributed by atoms with van der Waals surface area (Å²) in [6.07, 6.45) is 3.75. The van der Waals surface area contributed by atoms with Gasteiger partial charge in [-0.2, -0.15) is 0 Å². The molecule has 1 aromatic carbocycles. The summed E-state index contributed by atoms with van der Waals surface area (Å²) in [7, 11) is 0. The van der Waals surface area contributed by atoms with E-state index >= 15 is 0 Å². The molecule has 0 amide bonds. The van der Waals surface area contributed by atoms with Crippen molar-refractivity contribution in [3.63, 3.8) is 0 Å². The van der Waals surface area contributed by atoms with Crippen LogP contribution in [-0.2, 0) is 11.2 Å². The molecule has 2 saturated heterocycles. The van der Waals surface area contributed by atoms with Crippen molar-refractivity contribution in [2.45, 2.75) is 31.3 Å². The lowest BCUT2D eigenvalue weighted by Gasteiger charge is -2.33. The van der Waals surface area contributed by atoms with Crippen LogP contribution in [-0.4, -0.2) is 55.2 Å². The molecule has 0 aromatic heterocycles. The van der Waals surface area contributed by atoms with E-state index in [0.29, 0.717) is 6.04 Å². The van der Waals surface area contributed by atoms with Crippen molar-refractivity contribution in [3.05, 3.63) is 29.3 Å². The molecular weight excluding hydrogens is 262 g/mol. The van der Waals surface area contributed by atoms with Gasteiger partial charge in [-0.15, -0.1) is 0 Å². The first kappa shape index (κ1) is 13.6. The second-order valence-electron chi connectivity index (χ2n) is 6.60. The van der Waals surface area contributed by atoms with Crippen molar-refractivity contribution in [1.29, 1.82) is 0 Å². The Labute approximate surface area is 126 Å². The van der Waals surface area contributed by atoms with Crippen LogP contribution in [0.1, 0.15) is 30.0 Å². The molecule has 2 atom stereocenters. The van der Waals surface area contributed by atoms with Gasteiger partial charge in [0.05, 0.1) is 13.2 Å². The van der Waals surface area contributed by atoms with E-state index in [1.165, 1.54) is 43.5 Å². The maximum Gasteiger partial charge on any atom is 0.0594 e. The number of nitrogen functional groups attached to an aromatic ring is 1. The van der Waals surface area contributed by atoms with Gasteiger partial charge in [-0.3, -0.25) is 9.80 Å². The minimum absolute atomic E-state index is 0.617. The van der Waals surface area contributed by atoms with E-state index in [9.17, 15) is 0 Å². The minimum atomic E-state index is 0.617. The lowest BCUT2D eigenvalue weighted by molar-refractivity contribution is 0.0176. The third-order valence-electron chi connectivity index (χ3n) is 5.41. The molecule has 0 spiro atoms. The number of hydrogen-bond donors (Lipinski definition) is 1. The summed E-state index contributed by atoms with van der Waals surface area (Å²) >= 11 is 0. The number of anilines is 1. The fraction of sp³-hybridized carbons (Fsp3) is 0.647. The molecule has 2 N–H and O–H groups in total. The fourth-order valence-electron chi connectivity index (χ4n) is 4.29. The third-order valence-corrected chi connectivity index (χ3v) is 5.41. The second-order valence-corrected chi connectivity index (χ2v) is 6.60. The van der Waals surface area contributed by atoms with Gasteiger partial charge in [0.15, 0.2) is 0 Å². The van der Waals surface area contributed by atoms with E-state index in [4.69, 9.17) is 10.5 Å². The Morgan fingerprint density at radius 2 is 1.90 bits per heavy atom. The summed E-state index contributed by atoms with van der Waals surface area (Å²) < 4.78 is 5.48. The molecule has 2 fully saturated rings. The average molecular weight is 287 g/mol. The summed E-state index contributed by atoms with van der Waals surface area (Å²) in [5.74, 6) is 0. The van der Waals surface area contributed by atoms with Crippen LogP contribution < -0.4 is 5.73 Å². The van der Waals surface area contributed by atoms with Crippen LogP contribution in [0.3, 0.4) is 0 Å². The first-order valence-corrected chi connectivity index (χ1v) is 8.25. The van der Waals surface area contributed by atoms with E-state index in [-0.39, 0.29) is 0 Å². The number of benzene rings is 1. The largest absolute Gasteiger partial charge is 0.399 e. The molecule has 0 saturated carbocycles. The minimum Gasteiger partial charge on any atom is -0.399 e. The molecule has 21 heavy (non-hydrogen) atoms. The molecule has 4 nitrogen and oxygen atoms in total. The quantitative estimate of drug-likeness (QED) is 0.840. The van der Waals surface area contributed by atoms with Crippen LogP contribution in [0.5, 0.6) is 0 Å². The monoisotopic (exact) mass is 287 g/mol. The Bertz CT molecular complexity index is 513. The molecule has 0 radical (unpaired) electrons. The number of rotatable bonds is 2. The Kier molecular flexibility index (Phi) is 3.61. The number of nitrogens with two attached hydrogens (primary N) is 1. The van der Waals surface area contributed by atoms with Crippen LogP contribution >= 0.6 is 0 Å². The van der Waals surface area contributed by atoms with Gasteiger partial charge in [-0.05, 0) is 42.5 Å². The van der Waals surface area contributed by atoms with Gasteiger partial charge in [0.2, 0.25) is 0 Å². The molecule has 4 heteroatoms. The number of hydrogen-bond acceptors (Lipinski definition) is 4. The summed E-state index contributed by atoms with van der Waals surface area (Å²) in [6.45, 7) is 6.47. The number of fused-ring (bicyclic) bond motifs is 1. The predicted octanol–water partition coefficient (Wildman–Crippen LogP) is 1.66. The van der Waals surface area contributed by atoms with Crippen LogP contribution in [0.2, 0.25) is 0 Å². The standard InChI is InChI=1S/C17H25N3O/c18-14-2-3-16-13(11-14)1-4-17(16)20-6-5-15(12-20)19-7-9-21-10-8-19/h2-3,11,15,17H,1,4-10,12,18H2. The van der Waals surface area contributed by atoms with Crippen LogP contribution in [0.15, 0.2) is 18.2 Å². The number of aryl methyl sites for hydroxylation is 1. The summed E-state index contributed by atoms with van der Waals surface area (Å²) in [4.78, 5) is 5.32. The molecule has 0 bridgehead atoms. The number of ether oxygens (including phenoxy) is 1. The van der Waals surface area contributed by atoms with Gasteiger partial charge >= 0.3 is 0 Å². The molecular formula is C17H25N3O. The Morgan fingerprint density at radius 1 is 1.05 bits per heavy atom. The highest BCUT2D eigenvalue weighted by Gasteiger charge is 2.35. The lowest BCUT2D eigenvalue weighted by atomic mass is 10.1. The van der Waals surface area contributed by atoms with Gasteiger partial charge in [-0.1, -0.05) is 6.07 Å². The Hall–Kier alpha value is -1.10. The van der Waals surface area contributed by atoms with Gasteiger partial charge < -0.3 is 10.5 Å². The summed E-state index contributed by atoms with van der Waals surface area (Å²) in [5, 5.41) is 0. The normalized spacial score (nSPS) is 30.7. The molecule has 1 aromatic rings. The van der Waals surface area contributed by atoms with Crippen molar-refractivity contribution in [1.82, 2.24) is 9.80 Å². The SMILES string of the molecule is Nc1ccc2c(c1)CCC2N1CCC(N2CCOCC2)C1. The Morgan fingerprint density at radius 3 is 2.76 bits per heavy atom. The summed E-state index contributed by atoms with van der Waals surface area (Å²) in [5.41, 5.74) is 9.81. The van der Waals surface area contributed by atoms with Crippen molar-refractivity contribution < 1.29 is 4.74 Å². The van der Waals surface area contributed by atoms with E-state index in [0.717, 1.165) is 38.0 Å². The third kappa shape index (κ3) is 2.56. The van der Waals surface area contributed by atoms with Crippen molar-refractivity contribution >= 4 is 5.69 Å². The predicted molar refractivity (Wildman–Crippen MR) is 84.3 cm³/mol. The van der Waals surface area contributed by atoms with Gasteiger partial charge in [0.25, 0.3) is 0 Å². The van der Waals surface area contributed by atoms with Crippen LogP contribution in [0.4, 0.5) is 5.69 Å². The first-order chi connectivity index (χ1) is 10.3. The van der Waals surface area contributed by atoms with E-state index in [2.05, 4.69) is 28.0 Å². The highest BCUT2D eigenvalue weighted by atomic mass is 16.5. The Balaban J connectivity index is 1.45. The van der Waals surface area contributed by atoms with Crippen LogP contribution in [0.25, 0.3) is 0 Å². The molecule has 2 aliphatic heterocycles. The van der Waals surface area contributed by atoms with Gasteiger partial charge in [-0.25, -0.2) is 0 Å². The highest BCUT2D eigenvalue weighted by Crippen LogP contribution is 2.38. The number of morpholine rings is 1. The molecule has 2 heterocycles.